The molecule has 0 atom stereocenters. The number of furan rings is 1. The molecule has 1 N–H and O–H groups in total. The molecule has 0 unspecified atom stereocenters. The summed E-state index contributed by atoms with van der Waals surface area (Å²) in [7, 11) is 0. The monoisotopic (exact) mass is 218 g/mol. The highest BCUT2D eigenvalue weighted by Crippen LogP contribution is 2.20. The topological polar surface area (TPSA) is 58.0 Å². The van der Waals surface area contributed by atoms with Crippen LogP contribution in [0.15, 0.2) is 22.8 Å². The van der Waals surface area contributed by atoms with Crippen molar-refractivity contribution < 1.29 is 4.42 Å². The van der Waals surface area contributed by atoms with Gasteiger partial charge in [-0.3, -0.25) is 5.10 Å². The number of rotatable bonds is 2. The predicted octanol–water partition coefficient (Wildman–Crippen LogP) is 2.05. The highest BCUT2D eigenvalue weighted by atomic mass is 16.3. The van der Waals surface area contributed by atoms with Crippen molar-refractivity contribution >= 4 is 5.95 Å². The average molecular weight is 218 g/mol. The van der Waals surface area contributed by atoms with Crippen molar-refractivity contribution in [2.75, 3.05) is 18.0 Å². The molecule has 1 fully saturated rings. The maximum Gasteiger partial charge on any atom is 0.245 e. The molecule has 84 valence electrons. The molecule has 0 radical (unpaired) electrons. The zero-order valence-electron chi connectivity index (χ0n) is 9.02. The zero-order chi connectivity index (χ0) is 10.8. The Hall–Kier alpha value is -1.78. The number of nitrogens with zero attached hydrogens (tertiary/aromatic N) is 3. The first-order valence-corrected chi connectivity index (χ1v) is 5.65. The van der Waals surface area contributed by atoms with Crippen molar-refractivity contribution in [2.24, 2.45) is 0 Å². The summed E-state index contributed by atoms with van der Waals surface area (Å²) in [5.41, 5.74) is 0. The summed E-state index contributed by atoms with van der Waals surface area (Å²) in [5, 5.41) is 7.13. The van der Waals surface area contributed by atoms with E-state index in [1.807, 2.05) is 12.1 Å². The molecule has 0 bridgehead atoms. The minimum absolute atomic E-state index is 0.700. The summed E-state index contributed by atoms with van der Waals surface area (Å²) < 4.78 is 5.27. The molecule has 16 heavy (non-hydrogen) atoms. The van der Waals surface area contributed by atoms with E-state index >= 15 is 0 Å². The van der Waals surface area contributed by atoms with Crippen LogP contribution in [0.3, 0.4) is 0 Å². The van der Waals surface area contributed by atoms with Crippen LogP contribution in [0.25, 0.3) is 11.6 Å². The number of H-pyrrole nitrogens is 1. The van der Waals surface area contributed by atoms with Gasteiger partial charge in [-0.25, -0.2) is 0 Å². The van der Waals surface area contributed by atoms with Crippen LogP contribution in [0.1, 0.15) is 19.3 Å². The Kier molecular flexibility index (Phi) is 2.36. The lowest BCUT2D eigenvalue weighted by atomic mass is 10.1. The molecule has 0 aromatic carbocycles. The van der Waals surface area contributed by atoms with Crippen LogP contribution >= 0.6 is 0 Å². The molecule has 2 aromatic rings. The second-order valence-corrected chi connectivity index (χ2v) is 4.01. The van der Waals surface area contributed by atoms with Gasteiger partial charge in [0.25, 0.3) is 0 Å². The van der Waals surface area contributed by atoms with Crippen LogP contribution in [-0.2, 0) is 0 Å². The fourth-order valence-corrected chi connectivity index (χ4v) is 2.01. The molecule has 3 rings (SSSR count). The average Bonchev–Trinajstić information content (AvgIpc) is 3.01. The number of aromatic amines is 1. The number of nitrogens with one attached hydrogen (secondary N) is 1. The Bertz CT molecular complexity index is 442. The molecular formula is C11H14N4O. The number of hydrogen-bond donors (Lipinski definition) is 1. The van der Waals surface area contributed by atoms with Crippen molar-refractivity contribution in [3.8, 4) is 11.6 Å². The second-order valence-electron chi connectivity index (χ2n) is 4.01. The number of aromatic nitrogens is 3. The van der Waals surface area contributed by atoms with Crippen LogP contribution in [0.2, 0.25) is 0 Å². The Morgan fingerprint density at radius 1 is 1.25 bits per heavy atom. The van der Waals surface area contributed by atoms with Crippen LogP contribution in [0, 0.1) is 0 Å². The van der Waals surface area contributed by atoms with Gasteiger partial charge >= 0.3 is 0 Å². The quantitative estimate of drug-likeness (QED) is 0.838. The highest BCUT2D eigenvalue weighted by Gasteiger charge is 2.16. The Labute approximate surface area is 93.5 Å². The zero-order valence-corrected chi connectivity index (χ0v) is 9.02. The molecule has 5 heteroatoms. The SMILES string of the molecule is c1coc(-c2nc(N3CCCCC3)n[nH]2)c1. The molecule has 0 amide bonds. The molecule has 0 saturated carbocycles. The number of piperidine rings is 1. The first-order chi connectivity index (χ1) is 7.93. The minimum Gasteiger partial charge on any atom is -0.461 e. The summed E-state index contributed by atoms with van der Waals surface area (Å²) in [6, 6.07) is 3.72. The van der Waals surface area contributed by atoms with Crippen molar-refractivity contribution in [3.05, 3.63) is 18.4 Å². The standard InChI is InChI=1S/C11H14N4O/c1-2-6-15(7-3-1)11-12-10(13-14-11)9-5-4-8-16-9/h4-5,8H,1-3,6-7H2,(H,12,13,14). The van der Waals surface area contributed by atoms with Gasteiger partial charge in [-0.1, -0.05) is 0 Å². The van der Waals surface area contributed by atoms with E-state index in [4.69, 9.17) is 4.42 Å². The van der Waals surface area contributed by atoms with E-state index in [1.54, 1.807) is 6.26 Å². The van der Waals surface area contributed by atoms with E-state index in [9.17, 15) is 0 Å². The number of anilines is 1. The molecule has 1 aliphatic heterocycles. The van der Waals surface area contributed by atoms with Crippen LogP contribution in [0.5, 0.6) is 0 Å². The second kappa shape index (κ2) is 4.00. The van der Waals surface area contributed by atoms with Gasteiger partial charge in [-0.05, 0) is 31.4 Å². The molecule has 2 aromatic heterocycles. The third-order valence-corrected chi connectivity index (χ3v) is 2.87. The molecule has 5 nitrogen and oxygen atoms in total. The summed E-state index contributed by atoms with van der Waals surface area (Å²) in [6.45, 7) is 2.10. The van der Waals surface area contributed by atoms with Crippen molar-refractivity contribution in [1.82, 2.24) is 15.2 Å². The van der Waals surface area contributed by atoms with Gasteiger partial charge in [0.1, 0.15) is 0 Å². The van der Waals surface area contributed by atoms with Crippen molar-refractivity contribution in [2.45, 2.75) is 19.3 Å². The number of hydrogen-bond acceptors (Lipinski definition) is 4. The summed E-state index contributed by atoms with van der Waals surface area (Å²) >= 11 is 0. The van der Waals surface area contributed by atoms with Crippen LogP contribution in [0.4, 0.5) is 5.95 Å². The van der Waals surface area contributed by atoms with Gasteiger partial charge in [0, 0.05) is 13.1 Å². The van der Waals surface area contributed by atoms with Crippen molar-refractivity contribution in [1.29, 1.82) is 0 Å². The van der Waals surface area contributed by atoms with E-state index in [2.05, 4.69) is 20.1 Å². The molecule has 3 heterocycles. The Morgan fingerprint density at radius 3 is 2.88 bits per heavy atom. The lowest BCUT2D eigenvalue weighted by Gasteiger charge is -2.24. The van der Waals surface area contributed by atoms with Gasteiger partial charge in [-0.2, -0.15) is 4.98 Å². The maximum atomic E-state index is 5.27. The Balaban J connectivity index is 1.82. The first-order valence-electron chi connectivity index (χ1n) is 5.65. The lowest BCUT2D eigenvalue weighted by Crippen LogP contribution is -2.30. The first kappa shape index (κ1) is 9.45. The maximum absolute atomic E-state index is 5.27. The van der Waals surface area contributed by atoms with E-state index in [-0.39, 0.29) is 0 Å². The molecular weight excluding hydrogens is 204 g/mol. The minimum atomic E-state index is 0.700. The van der Waals surface area contributed by atoms with Gasteiger partial charge in [0.05, 0.1) is 6.26 Å². The van der Waals surface area contributed by atoms with Crippen molar-refractivity contribution in [3.63, 3.8) is 0 Å². The summed E-state index contributed by atoms with van der Waals surface area (Å²) in [5.74, 6) is 2.22. The van der Waals surface area contributed by atoms with Gasteiger partial charge in [-0.15, -0.1) is 5.10 Å². The molecule has 1 saturated heterocycles. The van der Waals surface area contributed by atoms with E-state index in [1.165, 1.54) is 19.3 Å². The van der Waals surface area contributed by atoms with E-state index < -0.39 is 0 Å². The van der Waals surface area contributed by atoms with Gasteiger partial charge in [0.2, 0.25) is 5.95 Å². The molecule has 0 spiro atoms. The van der Waals surface area contributed by atoms with E-state index in [0.717, 1.165) is 24.8 Å². The van der Waals surface area contributed by atoms with Gasteiger partial charge < -0.3 is 9.32 Å². The van der Waals surface area contributed by atoms with Gasteiger partial charge in [0.15, 0.2) is 11.6 Å². The normalized spacial score (nSPS) is 16.6. The highest BCUT2D eigenvalue weighted by molar-refractivity contribution is 5.48. The fourth-order valence-electron chi connectivity index (χ4n) is 2.01. The lowest BCUT2D eigenvalue weighted by molar-refractivity contribution is 0.568. The third-order valence-electron chi connectivity index (χ3n) is 2.87. The predicted molar refractivity (Wildman–Crippen MR) is 60.1 cm³/mol. The molecule has 1 aliphatic rings. The fraction of sp³-hybridized carbons (Fsp3) is 0.455. The summed E-state index contributed by atoms with van der Waals surface area (Å²) in [6.07, 6.45) is 5.40. The Morgan fingerprint density at radius 2 is 2.12 bits per heavy atom. The van der Waals surface area contributed by atoms with Crippen LogP contribution < -0.4 is 4.90 Å². The van der Waals surface area contributed by atoms with Crippen LogP contribution in [-0.4, -0.2) is 28.3 Å². The third kappa shape index (κ3) is 1.68. The smallest absolute Gasteiger partial charge is 0.245 e. The largest absolute Gasteiger partial charge is 0.461 e. The van der Waals surface area contributed by atoms with E-state index in [0.29, 0.717) is 5.82 Å². The summed E-state index contributed by atoms with van der Waals surface area (Å²) in [4.78, 5) is 6.66. The molecule has 0 aliphatic carbocycles.